The lowest BCUT2D eigenvalue weighted by atomic mass is 9.89. The molecule has 1 aliphatic heterocycles. The smallest absolute Gasteiger partial charge is 0.188 e. The highest BCUT2D eigenvalue weighted by Crippen LogP contribution is 2.24. The van der Waals surface area contributed by atoms with Crippen molar-refractivity contribution in [2.45, 2.75) is 13.5 Å². The minimum absolute atomic E-state index is 0.295. The Balaban J connectivity index is 1.69. The van der Waals surface area contributed by atoms with Gasteiger partial charge in [0.25, 0.3) is 0 Å². The molecule has 0 spiro atoms. The Hall–Kier alpha value is -1.01. The molecule has 6 heteroatoms. The lowest BCUT2D eigenvalue weighted by molar-refractivity contribution is -0.0992. The standard InChI is InChI=1S/C7H13N5O/c1-7(4-13-5-7)3-8-2-6-9-11-12-10-6/h8H,2-5H2,1H3,(H,9,10,11,12). The first-order valence-corrected chi connectivity index (χ1v) is 4.29. The lowest BCUT2D eigenvalue weighted by Gasteiger charge is -2.38. The van der Waals surface area contributed by atoms with Gasteiger partial charge in [0.15, 0.2) is 5.82 Å². The van der Waals surface area contributed by atoms with Crippen LogP contribution in [0.2, 0.25) is 0 Å². The summed E-state index contributed by atoms with van der Waals surface area (Å²) < 4.78 is 5.14. The Morgan fingerprint density at radius 2 is 2.46 bits per heavy atom. The predicted octanol–water partition coefficient (Wildman–Crippen LogP) is -0.674. The number of hydrogen-bond donors (Lipinski definition) is 2. The van der Waals surface area contributed by atoms with Crippen LogP contribution in [0, 0.1) is 5.41 Å². The van der Waals surface area contributed by atoms with Crippen molar-refractivity contribution >= 4 is 0 Å². The normalized spacial score (nSPS) is 19.8. The monoisotopic (exact) mass is 183 g/mol. The van der Waals surface area contributed by atoms with E-state index in [1.165, 1.54) is 0 Å². The Morgan fingerprint density at radius 3 is 3.00 bits per heavy atom. The molecule has 1 saturated heterocycles. The molecule has 2 N–H and O–H groups in total. The number of H-pyrrole nitrogens is 1. The molecule has 0 amide bonds. The summed E-state index contributed by atoms with van der Waals surface area (Å²) >= 11 is 0. The molecular weight excluding hydrogens is 170 g/mol. The van der Waals surface area contributed by atoms with Crippen molar-refractivity contribution < 1.29 is 4.74 Å². The summed E-state index contributed by atoms with van der Waals surface area (Å²) in [6.07, 6.45) is 0. The van der Waals surface area contributed by atoms with Gasteiger partial charge in [-0.1, -0.05) is 12.1 Å². The molecule has 0 unspecified atom stereocenters. The molecule has 2 rings (SSSR count). The van der Waals surface area contributed by atoms with Crippen LogP contribution < -0.4 is 5.32 Å². The molecule has 0 radical (unpaired) electrons. The number of hydrogen-bond acceptors (Lipinski definition) is 5. The fraction of sp³-hybridized carbons (Fsp3) is 0.857. The van der Waals surface area contributed by atoms with Gasteiger partial charge >= 0.3 is 0 Å². The predicted molar refractivity (Wildman–Crippen MR) is 44.8 cm³/mol. The third kappa shape index (κ3) is 2.02. The minimum atomic E-state index is 0.295. The fourth-order valence-electron chi connectivity index (χ4n) is 1.29. The van der Waals surface area contributed by atoms with Crippen molar-refractivity contribution in [1.29, 1.82) is 0 Å². The van der Waals surface area contributed by atoms with Crippen molar-refractivity contribution in [3.8, 4) is 0 Å². The van der Waals surface area contributed by atoms with Gasteiger partial charge in [-0.2, -0.15) is 5.21 Å². The van der Waals surface area contributed by atoms with E-state index in [1.807, 2.05) is 0 Å². The molecule has 1 aromatic rings. The van der Waals surface area contributed by atoms with Gasteiger partial charge in [-0.25, -0.2) is 0 Å². The van der Waals surface area contributed by atoms with Gasteiger partial charge in [-0.15, -0.1) is 10.2 Å². The van der Waals surface area contributed by atoms with Crippen LogP contribution in [-0.4, -0.2) is 40.4 Å². The second-order valence-electron chi connectivity index (χ2n) is 3.74. The summed E-state index contributed by atoms with van der Waals surface area (Å²) in [6.45, 7) is 5.46. The largest absolute Gasteiger partial charge is 0.380 e. The van der Waals surface area contributed by atoms with E-state index in [0.29, 0.717) is 17.8 Å². The van der Waals surface area contributed by atoms with Crippen LogP contribution in [0.15, 0.2) is 0 Å². The van der Waals surface area contributed by atoms with Crippen LogP contribution in [-0.2, 0) is 11.3 Å². The van der Waals surface area contributed by atoms with Crippen molar-refractivity contribution in [3.63, 3.8) is 0 Å². The first-order chi connectivity index (χ1) is 6.29. The maximum absolute atomic E-state index is 5.14. The van der Waals surface area contributed by atoms with Gasteiger partial charge in [0.2, 0.25) is 0 Å². The maximum atomic E-state index is 5.14. The molecule has 2 heterocycles. The molecule has 72 valence electrons. The highest BCUT2D eigenvalue weighted by atomic mass is 16.5. The van der Waals surface area contributed by atoms with Gasteiger partial charge in [0, 0.05) is 12.0 Å². The lowest BCUT2D eigenvalue weighted by Crippen LogP contribution is -2.47. The molecule has 1 aliphatic rings. The van der Waals surface area contributed by atoms with E-state index in [4.69, 9.17) is 4.74 Å². The zero-order valence-electron chi connectivity index (χ0n) is 7.58. The second-order valence-corrected chi connectivity index (χ2v) is 3.74. The fourth-order valence-corrected chi connectivity index (χ4v) is 1.29. The van der Waals surface area contributed by atoms with E-state index in [-0.39, 0.29) is 0 Å². The summed E-state index contributed by atoms with van der Waals surface area (Å²) in [5, 5.41) is 16.8. The Bertz CT molecular complexity index is 256. The number of nitrogens with one attached hydrogen (secondary N) is 2. The van der Waals surface area contributed by atoms with Crippen LogP contribution in [0.25, 0.3) is 0 Å². The summed E-state index contributed by atoms with van der Waals surface area (Å²) in [7, 11) is 0. The van der Waals surface area contributed by atoms with Gasteiger partial charge in [-0.05, 0) is 0 Å². The van der Waals surface area contributed by atoms with Crippen LogP contribution in [0.1, 0.15) is 12.7 Å². The molecule has 0 saturated carbocycles. The molecule has 0 bridgehead atoms. The first-order valence-electron chi connectivity index (χ1n) is 4.29. The molecule has 1 fully saturated rings. The average Bonchev–Trinajstić information content (AvgIpc) is 2.54. The van der Waals surface area contributed by atoms with E-state index in [1.54, 1.807) is 0 Å². The summed E-state index contributed by atoms with van der Waals surface area (Å²) in [4.78, 5) is 0. The topological polar surface area (TPSA) is 75.7 Å². The zero-order chi connectivity index (χ0) is 9.15. The van der Waals surface area contributed by atoms with E-state index in [9.17, 15) is 0 Å². The number of ether oxygens (including phenoxy) is 1. The third-order valence-electron chi connectivity index (χ3n) is 2.13. The van der Waals surface area contributed by atoms with Crippen molar-refractivity contribution in [3.05, 3.63) is 5.82 Å². The van der Waals surface area contributed by atoms with E-state index < -0.39 is 0 Å². The SMILES string of the molecule is CC1(CNCc2nn[nH]n2)COC1. The van der Waals surface area contributed by atoms with Gasteiger partial charge < -0.3 is 10.1 Å². The minimum Gasteiger partial charge on any atom is -0.380 e. The highest BCUT2D eigenvalue weighted by molar-refractivity contribution is 4.84. The van der Waals surface area contributed by atoms with Gasteiger partial charge in [0.05, 0.1) is 19.8 Å². The third-order valence-corrected chi connectivity index (χ3v) is 2.13. The number of tetrazole rings is 1. The maximum Gasteiger partial charge on any atom is 0.188 e. The number of aromatic nitrogens is 4. The summed E-state index contributed by atoms with van der Waals surface area (Å²) in [6, 6.07) is 0. The summed E-state index contributed by atoms with van der Waals surface area (Å²) in [5.41, 5.74) is 0.295. The zero-order valence-corrected chi connectivity index (χ0v) is 7.58. The van der Waals surface area contributed by atoms with E-state index in [0.717, 1.165) is 19.8 Å². The molecule has 6 nitrogen and oxygen atoms in total. The molecule has 13 heavy (non-hydrogen) atoms. The Labute approximate surface area is 76.1 Å². The quantitative estimate of drug-likeness (QED) is 0.647. The molecule has 1 aromatic heterocycles. The average molecular weight is 183 g/mol. The van der Waals surface area contributed by atoms with Crippen LogP contribution in [0.3, 0.4) is 0 Å². The van der Waals surface area contributed by atoms with Gasteiger partial charge in [0.1, 0.15) is 0 Å². The van der Waals surface area contributed by atoms with Crippen LogP contribution in [0.5, 0.6) is 0 Å². The van der Waals surface area contributed by atoms with Crippen LogP contribution in [0.4, 0.5) is 0 Å². The van der Waals surface area contributed by atoms with E-state index >= 15 is 0 Å². The highest BCUT2D eigenvalue weighted by Gasteiger charge is 2.32. The van der Waals surface area contributed by atoms with Crippen molar-refractivity contribution in [2.24, 2.45) is 5.41 Å². The first kappa shape index (κ1) is 8.58. The summed E-state index contributed by atoms with van der Waals surface area (Å²) in [5.74, 6) is 0.698. The van der Waals surface area contributed by atoms with Crippen molar-refractivity contribution in [2.75, 3.05) is 19.8 Å². The Kier molecular flexibility index (Phi) is 2.24. The molecule has 0 atom stereocenters. The molecule has 0 aromatic carbocycles. The van der Waals surface area contributed by atoms with Crippen molar-refractivity contribution in [1.82, 2.24) is 25.9 Å². The molecule has 0 aliphatic carbocycles. The number of nitrogens with zero attached hydrogens (tertiary/aromatic N) is 3. The number of rotatable bonds is 4. The van der Waals surface area contributed by atoms with Crippen LogP contribution >= 0.6 is 0 Å². The van der Waals surface area contributed by atoms with Gasteiger partial charge in [-0.3, -0.25) is 0 Å². The second kappa shape index (κ2) is 3.39. The molecular formula is C7H13N5O. The van der Waals surface area contributed by atoms with E-state index in [2.05, 4.69) is 32.9 Å². The number of aromatic amines is 1. The Morgan fingerprint density at radius 1 is 1.62 bits per heavy atom.